The summed E-state index contributed by atoms with van der Waals surface area (Å²) in [4.78, 5) is 12.7. The molecule has 1 atom stereocenters. The molecule has 1 aliphatic heterocycles. The van der Waals surface area contributed by atoms with Gasteiger partial charge in [0.15, 0.2) is 11.5 Å². The first-order chi connectivity index (χ1) is 17.5. The van der Waals surface area contributed by atoms with Crippen LogP contribution in [-0.4, -0.2) is 49.2 Å². The minimum absolute atomic E-state index is 0.0327. The van der Waals surface area contributed by atoms with E-state index in [4.69, 9.17) is 19.3 Å². The number of carbonyl (C=O) groups excluding carboxylic acids is 1. The fourth-order valence-electron chi connectivity index (χ4n) is 4.02. The Labute approximate surface area is 208 Å². The van der Waals surface area contributed by atoms with Gasteiger partial charge in [-0.3, -0.25) is 9.48 Å². The maximum atomic E-state index is 13.3. The van der Waals surface area contributed by atoms with Gasteiger partial charge in [-0.15, -0.1) is 0 Å². The zero-order valence-corrected chi connectivity index (χ0v) is 20.2. The summed E-state index contributed by atoms with van der Waals surface area (Å²) < 4.78 is 31.3. The lowest BCUT2D eigenvalue weighted by Gasteiger charge is -2.10. The van der Waals surface area contributed by atoms with E-state index in [1.807, 2.05) is 12.1 Å². The Balaban J connectivity index is 1.68. The number of hydrogen-bond donors (Lipinski definition) is 1. The van der Waals surface area contributed by atoms with Crippen molar-refractivity contribution in [2.45, 2.75) is 25.5 Å². The van der Waals surface area contributed by atoms with Gasteiger partial charge in [0.25, 0.3) is 5.91 Å². The molecule has 0 bridgehead atoms. The highest BCUT2D eigenvalue weighted by Crippen LogP contribution is 2.33. The van der Waals surface area contributed by atoms with E-state index in [1.54, 1.807) is 49.4 Å². The van der Waals surface area contributed by atoms with E-state index >= 15 is 0 Å². The van der Waals surface area contributed by atoms with Crippen LogP contribution in [0.5, 0.6) is 11.5 Å². The molecule has 8 nitrogen and oxygen atoms in total. The van der Waals surface area contributed by atoms with Crippen molar-refractivity contribution in [1.82, 2.24) is 15.1 Å². The maximum absolute atomic E-state index is 13.3. The zero-order valence-electron chi connectivity index (χ0n) is 20.2. The van der Waals surface area contributed by atoms with E-state index in [-0.39, 0.29) is 17.5 Å². The SMILES string of the molecule is COc1ccc(-c2nn(Cc3ccc(F)cc3)cc2/C=C(/C#N)C(=O)NC[C@H]2CCCO2)cc1OC. The second kappa shape index (κ2) is 11.5. The largest absolute Gasteiger partial charge is 0.493 e. The molecule has 1 fully saturated rings. The first kappa shape index (κ1) is 24.9. The molecule has 36 heavy (non-hydrogen) atoms. The summed E-state index contributed by atoms with van der Waals surface area (Å²) in [5.74, 6) is 0.294. The Morgan fingerprint density at radius 3 is 2.69 bits per heavy atom. The van der Waals surface area contributed by atoms with Crippen LogP contribution < -0.4 is 14.8 Å². The number of nitriles is 1. The van der Waals surface area contributed by atoms with Crippen LogP contribution in [0.3, 0.4) is 0 Å². The summed E-state index contributed by atoms with van der Waals surface area (Å²) in [7, 11) is 3.10. The normalized spacial score (nSPS) is 15.4. The van der Waals surface area contributed by atoms with Crippen LogP contribution in [0, 0.1) is 17.1 Å². The third kappa shape index (κ3) is 5.90. The number of methoxy groups -OCH3 is 2. The van der Waals surface area contributed by atoms with Crippen LogP contribution in [0.2, 0.25) is 0 Å². The molecular weight excluding hydrogens is 463 g/mol. The summed E-state index contributed by atoms with van der Waals surface area (Å²) >= 11 is 0. The van der Waals surface area contributed by atoms with Gasteiger partial charge in [0.1, 0.15) is 17.5 Å². The Bertz CT molecular complexity index is 1290. The van der Waals surface area contributed by atoms with Crippen molar-refractivity contribution in [1.29, 1.82) is 5.26 Å². The van der Waals surface area contributed by atoms with Crippen molar-refractivity contribution in [2.24, 2.45) is 0 Å². The molecule has 1 N–H and O–H groups in total. The molecule has 0 radical (unpaired) electrons. The number of aromatic nitrogens is 2. The fraction of sp³-hybridized carbons (Fsp3) is 0.296. The molecule has 186 valence electrons. The molecular formula is C27H27FN4O4. The van der Waals surface area contributed by atoms with Crippen molar-refractivity contribution in [3.8, 4) is 28.8 Å². The van der Waals surface area contributed by atoms with Crippen molar-refractivity contribution < 1.29 is 23.4 Å². The first-order valence-electron chi connectivity index (χ1n) is 11.6. The van der Waals surface area contributed by atoms with E-state index in [9.17, 15) is 14.4 Å². The van der Waals surface area contributed by atoms with Gasteiger partial charge in [-0.2, -0.15) is 10.4 Å². The predicted octanol–water partition coefficient (Wildman–Crippen LogP) is 3.96. The van der Waals surface area contributed by atoms with Crippen molar-refractivity contribution >= 4 is 12.0 Å². The Kier molecular flexibility index (Phi) is 7.98. The van der Waals surface area contributed by atoms with E-state index in [1.165, 1.54) is 18.2 Å². The van der Waals surface area contributed by atoms with E-state index in [0.717, 1.165) is 18.4 Å². The van der Waals surface area contributed by atoms with E-state index in [2.05, 4.69) is 5.32 Å². The Morgan fingerprint density at radius 2 is 2.03 bits per heavy atom. The first-order valence-corrected chi connectivity index (χ1v) is 11.6. The summed E-state index contributed by atoms with van der Waals surface area (Å²) in [5.41, 5.74) is 2.65. The number of nitrogens with zero attached hydrogens (tertiary/aromatic N) is 3. The highest BCUT2D eigenvalue weighted by molar-refractivity contribution is 6.02. The number of halogens is 1. The van der Waals surface area contributed by atoms with Crippen molar-refractivity contribution in [2.75, 3.05) is 27.4 Å². The number of benzene rings is 2. The number of hydrogen-bond acceptors (Lipinski definition) is 6. The van der Waals surface area contributed by atoms with Gasteiger partial charge in [-0.25, -0.2) is 4.39 Å². The molecule has 0 unspecified atom stereocenters. The van der Waals surface area contributed by atoms with Gasteiger partial charge in [-0.1, -0.05) is 12.1 Å². The lowest BCUT2D eigenvalue weighted by Crippen LogP contribution is -2.32. The summed E-state index contributed by atoms with van der Waals surface area (Å²) in [6, 6.07) is 13.5. The predicted molar refractivity (Wildman–Crippen MR) is 132 cm³/mol. The third-order valence-corrected chi connectivity index (χ3v) is 5.88. The van der Waals surface area contributed by atoms with Gasteiger partial charge in [-0.05, 0) is 54.8 Å². The molecule has 3 aromatic rings. The van der Waals surface area contributed by atoms with E-state index < -0.39 is 5.91 Å². The highest BCUT2D eigenvalue weighted by Gasteiger charge is 2.19. The van der Waals surface area contributed by atoms with Gasteiger partial charge >= 0.3 is 0 Å². The number of carbonyl (C=O) groups is 1. The average molecular weight is 491 g/mol. The fourth-order valence-corrected chi connectivity index (χ4v) is 4.02. The summed E-state index contributed by atoms with van der Waals surface area (Å²) in [6.07, 6.45) is 5.08. The molecule has 0 spiro atoms. The van der Waals surface area contributed by atoms with Gasteiger partial charge in [0.2, 0.25) is 0 Å². The Hall–Kier alpha value is -4.16. The van der Waals surface area contributed by atoms with Crippen LogP contribution >= 0.6 is 0 Å². The molecule has 4 rings (SSSR count). The smallest absolute Gasteiger partial charge is 0.262 e. The number of nitrogens with one attached hydrogen (secondary N) is 1. The van der Waals surface area contributed by atoms with Crippen LogP contribution in [-0.2, 0) is 16.1 Å². The second-order valence-electron chi connectivity index (χ2n) is 8.34. The number of ether oxygens (including phenoxy) is 3. The molecule has 1 aliphatic rings. The number of rotatable bonds is 9. The number of amides is 1. The van der Waals surface area contributed by atoms with Crippen molar-refractivity contribution in [3.63, 3.8) is 0 Å². The molecule has 0 saturated carbocycles. The lowest BCUT2D eigenvalue weighted by molar-refractivity contribution is -0.117. The maximum Gasteiger partial charge on any atom is 0.262 e. The summed E-state index contributed by atoms with van der Waals surface area (Å²) in [6.45, 7) is 1.41. The molecule has 1 saturated heterocycles. The van der Waals surface area contributed by atoms with Crippen LogP contribution in [0.15, 0.2) is 54.2 Å². The van der Waals surface area contributed by atoms with Gasteiger partial charge in [0, 0.05) is 30.5 Å². The molecule has 1 amide bonds. The standard InChI is InChI=1S/C27H27FN4O4/c1-34-24-10-7-19(13-25(24)35-2)26-21(17-32(31-26)16-18-5-8-22(28)9-6-18)12-20(14-29)27(33)30-15-23-4-3-11-36-23/h5-10,12-13,17,23H,3-4,11,15-16H2,1-2H3,(H,30,33)/b20-12-/t23-/m1/s1. The van der Waals surface area contributed by atoms with Crippen molar-refractivity contribution in [3.05, 3.63) is 71.2 Å². The molecule has 9 heteroatoms. The topological polar surface area (TPSA) is 98.4 Å². The second-order valence-corrected chi connectivity index (χ2v) is 8.34. The average Bonchev–Trinajstić information content (AvgIpc) is 3.56. The minimum Gasteiger partial charge on any atom is -0.493 e. The Morgan fingerprint density at radius 1 is 1.25 bits per heavy atom. The van der Waals surface area contributed by atoms with Gasteiger partial charge in [0.05, 0.1) is 32.6 Å². The molecule has 1 aromatic heterocycles. The van der Waals surface area contributed by atoms with Crippen LogP contribution in [0.25, 0.3) is 17.3 Å². The highest BCUT2D eigenvalue weighted by atomic mass is 19.1. The molecule has 2 aromatic carbocycles. The molecule has 0 aliphatic carbocycles. The lowest BCUT2D eigenvalue weighted by atomic mass is 10.0. The third-order valence-electron chi connectivity index (χ3n) is 5.88. The van der Waals surface area contributed by atoms with Gasteiger partial charge < -0.3 is 19.5 Å². The summed E-state index contributed by atoms with van der Waals surface area (Å²) in [5, 5.41) is 17.2. The quantitative estimate of drug-likeness (QED) is 0.360. The van der Waals surface area contributed by atoms with E-state index in [0.29, 0.717) is 48.0 Å². The monoisotopic (exact) mass is 490 g/mol. The zero-order chi connectivity index (χ0) is 25.5. The minimum atomic E-state index is -0.474. The van der Waals surface area contributed by atoms with Crippen LogP contribution in [0.1, 0.15) is 24.0 Å². The molecule has 2 heterocycles. The van der Waals surface area contributed by atoms with Crippen LogP contribution in [0.4, 0.5) is 4.39 Å².